The smallest absolute Gasteiger partial charge is 0.230 e. The van der Waals surface area contributed by atoms with Crippen molar-refractivity contribution in [3.05, 3.63) is 106 Å². The lowest BCUT2D eigenvalue weighted by atomic mass is 9.82. The van der Waals surface area contributed by atoms with E-state index in [0.29, 0.717) is 6.42 Å². The third-order valence-electron chi connectivity index (χ3n) is 9.56. The number of piperidine rings is 2. The lowest BCUT2D eigenvalue weighted by molar-refractivity contribution is -0.137. The van der Waals surface area contributed by atoms with Crippen LogP contribution in [0.15, 0.2) is 72.3 Å². The Morgan fingerprint density at radius 3 is 2.06 bits per heavy atom. The van der Waals surface area contributed by atoms with Crippen LogP contribution < -0.4 is 10.6 Å². The predicted molar refractivity (Wildman–Crippen MR) is 176 cm³/mol. The normalized spacial score (nSPS) is 19.7. The summed E-state index contributed by atoms with van der Waals surface area (Å²) in [5.41, 5.74) is 4.70. The lowest BCUT2D eigenvalue weighted by Gasteiger charge is -2.30. The summed E-state index contributed by atoms with van der Waals surface area (Å²) in [6.07, 6.45) is 4.56. The first-order chi connectivity index (χ1) is 23.2. The zero-order valence-corrected chi connectivity index (χ0v) is 26.5. The third-order valence-corrected chi connectivity index (χ3v) is 9.56. The minimum Gasteiger partial charge on any atom is -0.325 e. The summed E-state index contributed by atoms with van der Waals surface area (Å²) in [4.78, 5) is 65.7. The Labute approximate surface area is 277 Å². The number of unbranched alkanes of at least 4 members (excludes halogenated alkanes) is 2. The molecule has 3 amide bonds. The molecule has 3 aromatic rings. The Kier molecular flexibility index (Phi) is 10.0. The van der Waals surface area contributed by atoms with Crippen LogP contribution in [0.1, 0.15) is 83.2 Å². The van der Waals surface area contributed by atoms with E-state index in [9.17, 15) is 32.8 Å². The summed E-state index contributed by atoms with van der Waals surface area (Å²) >= 11 is 0. The Balaban J connectivity index is 0.984. The average Bonchev–Trinajstić information content (AvgIpc) is 3.33. The highest BCUT2D eigenvalue weighted by molar-refractivity contribution is 6.30. The van der Waals surface area contributed by atoms with Crippen LogP contribution in [-0.4, -0.2) is 53.8 Å². The van der Waals surface area contributed by atoms with E-state index < -0.39 is 35.2 Å². The lowest BCUT2D eigenvalue weighted by Crippen LogP contribution is -2.46. The number of fused-ring (bicyclic) bond motifs is 1. The molecule has 0 spiro atoms. The van der Waals surface area contributed by atoms with E-state index in [1.807, 2.05) is 0 Å². The van der Waals surface area contributed by atoms with Crippen molar-refractivity contribution in [1.82, 2.24) is 10.2 Å². The number of imide groups is 1. The number of Topliss-reactive ketones (excluding diaryl/α,β-unsaturated/α-hetero) is 2. The van der Waals surface area contributed by atoms with Gasteiger partial charge in [-0.3, -0.25) is 29.3 Å². The fourth-order valence-corrected chi connectivity index (χ4v) is 7.08. The first kappa shape index (κ1) is 33.1. The van der Waals surface area contributed by atoms with E-state index in [-0.39, 0.29) is 53.6 Å². The van der Waals surface area contributed by atoms with Gasteiger partial charge in [0.15, 0.2) is 11.6 Å². The molecule has 3 aromatic carbocycles. The molecule has 0 saturated carbocycles. The number of ketones is 2. The van der Waals surface area contributed by atoms with Gasteiger partial charge in [0, 0.05) is 31.5 Å². The number of carbonyl (C=O) groups excluding carboxylic acids is 5. The highest BCUT2D eigenvalue weighted by Crippen LogP contribution is 2.38. The van der Waals surface area contributed by atoms with Crippen molar-refractivity contribution in [3.8, 4) is 0 Å². The van der Waals surface area contributed by atoms with Gasteiger partial charge in [-0.05, 0) is 85.7 Å². The number of nitrogens with one attached hydrogen (secondary N) is 2. The number of anilines is 1. The van der Waals surface area contributed by atoms with Gasteiger partial charge in [0.05, 0.1) is 23.1 Å². The van der Waals surface area contributed by atoms with E-state index in [2.05, 4.69) is 15.5 Å². The van der Waals surface area contributed by atoms with Gasteiger partial charge in [0.25, 0.3) is 0 Å². The second kappa shape index (κ2) is 14.5. The van der Waals surface area contributed by atoms with E-state index in [1.165, 1.54) is 35.9 Å². The van der Waals surface area contributed by atoms with Gasteiger partial charge in [-0.1, -0.05) is 48.4 Å². The molecule has 10 heteroatoms. The van der Waals surface area contributed by atoms with Crippen LogP contribution in [-0.2, 0) is 14.4 Å². The fourth-order valence-electron chi connectivity index (χ4n) is 7.08. The fraction of sp³-hybridized carbons (Fsp3) is 0.342. The monoisotopic (exact) mass is 653 g/mol. The molecule has 48 heavy (non-hydrogen) atoms. The molecule has 2 unspecified atom stereocenters. The van der Waals surface area contributed by atoms with Crippen LogP contribution in [0.5, 0.6) is 0 Å². The van der Waals surface area contributed by atoms with Gasteiger partial charge in [0.1, 0.15) is 11.6 Å². The van der Waals surface area contributed by atoms with Crippen molar-refractivity contribution in [2.24, 2.45) is 11.8 Å². The molecular formula is C38H37F2N3O5. The van der Waals surface area contributed by atoms with Crippen molar-refractivity contribution >= 4 is 40.5 Å². The molecular weight excluding hydrogens is 616 g/mol. The molecule has 2 saturated heterocycles. The van der Waals surface area contributed by atoms with Crippen molar-refractivity contribution in [2.75, 3.05) is 25.0 Å². The molecule has 2 N–H and O–H groups in total. The molecule has 2 heterocycles. The van der Waals surface area contributed by atoms with Crippen LogP contribution in [0.3, 0.4) is 0 Å². The van der Waals surface area contributed by atoms with Crippen molar-refractivity contribution in [3.63, 3.8) is 0 Å². The van der Waals surface area contributed by atoms with Gasteiger partial charge < -0.3 is 10.2 Å². The van der Waals surface area contributed by atoms with Crippen LogP contribution in [0.25, 0.3) is 5.57 Å². The van der Waals surface area contributed by atoms with Crippen LogP contribution >= 0.6 is 0 Å². The van der Waals surface area contributed by atoms with Crippen molar-refractivity contribution in [2.45, 2.75) is 51.4 Å². The molecule has 248 valence electrons. The minimum absolute atomic E-state index is 0.0687. The Morgan fingerprint density at radius 1 is 0.792 bits per heavy atom. The number of rotatable bonds is 10. The zero-order valence-electron chi connectivity index (χ0n) is 26.5. The SMILES string of the molecule is O=C1CCC(C2C(=O)c3cccc(NC(=O)CCCCCN4CCC(=C(c5ccc(F)cc5)c5ccc(F)cc5)CC4)c3C2=O)C(=O)N1. The zero-order chi connectivity index (χ0) is 33.8. The average molecular weight is 654 g/mol. The molecule has 3 aliphatic rings. The van der Waals surface area contributed by atoms with E-state index in [1.54, 1.807) is 36.4 Å². The summed E-state index contributed by atoms with van der Waals surface area (Å²) in [5.74, 6) is -4.94. The van der Waals surface area contributed by atoms with Crippen LogP contribution in [0.2, 0.25) is 0 Å². The third kappa shape index (κ3) is 7.18. The molecule has 2 fully saturated rings. The van der Waals surface area contributed by atoms with E-state index >= 15 is 0 Å². The van der Waals surface area contributed by atoms with Gasteiger partial charge in [0.2, 0.25) is 17.7 Å². The first-order valence-corrected chi connectivity index (χ1v) is 16.5. The first-order valence-electron chi connectivity index (χ1n) is 16.5. The van der Waals surface area contributed by atoms with E-state index in [4.69, 9.17) is 0 Å². The quantitative estimate of drug-likeness (QED) is 0.155. The summed E-state index contributed by atoms with van der Waals surface area (Å²) in [6, 6.07) is 17.6. The second-order valence-electron chi connectivity index (χ2n) is 12.7. The molecule has 0 radical (unpaired) electrons. The maximum absolute atomic E-state index is 13.6. The van der Waals surface area contributed by atoms with Gasteiger partial charge in [-0.15, -0.1) is 0 Å². The highest BCUT2D eigenvalue weighted by Gasteiger charge is 2.48. The number of nitrogens with zero attached hydrogens (tertiary/aromatic N) is 1. The number of hydrogen-bond acceptors (Lipinski definition) is 6. The standard InChI is InChI=1S/C38H37F2N3O5/c39-26-12-8-23(9-13-26)33(24-10-14-27(40)15-11-24)25-18-21-43(22-19-25)20-3-1-2-7-31(44)41-30-6-4-5-28-34(30)37(47)35(36(28)46)29-16-17-32(45)42-38(29)48/h4-6,8-15,29,35H,1-3,7,16-22H2,(H,41,44)(H,42,45,48). The second-order valence-corrected chi connectivity index (χ2v) is 12.7. The topological polar surface area (TPSA) is 113 Å². The van der Waals surface area contributed by atoms with Crippen molar-refractivity contribution < 1.29 is 32.8 Å². The Morgan fingerprint density at radius 2 is 1.44 bits per heavy atom. The summed E-state index contributed by atoms with van der Waals surface area (Å²) in [6.45, 7) is 2.63. The summed E-state index contributed by atoms with van der Waals surface area (Å²) in [7, 11) is 0. The molecule has 6 rings (SSSR count). The Bertz CT molecular complexity index is 1730. The predicted octanol–water partition coefficient (Wildman–Crippen LogP) is 6.11. The minimum atomic E-state index is -1.19. The van der Waals surface area contributed by atoms with Crippen molar-refractivity contribution in [1.29, 1.82) is 0 Å². The summed E-state index contributed by atoms with van der Waals surface area (Å²) in [5, 5.41) is 5.02. The maximum atomic E-state index is 13.6. The summed E-state index contributed by atoms with van der Waals surface area (Å²) < 4.78 is 27.3. The number of carbonyl (C=O) groups is 5. The number of hydrogen-bond donors (Lipinski definition) is 2. The Hall–Kier alpha value is -4.83. The van der Waals surface area contributed by atoms with E-state index in [0.717, 1.165) is 62.0 Å². The molecule has 0 bridgehead atoms. The largest absolute Gasteiger partial charge is 0.325 e. The number of likely N-dealkylation sites (tertiary alicyclic amines) is 1. The van der Waals surface area contributed by atoms with Gasteiger partial charge >= 0.3 is 0 Å². The molecule has 8 nitrogen and oxygen atoms in total. The highest BCUT2D eigenvalue weighted by atomic mass is 19.1. The van der Waals surface area contributed by atoms with Crippen LogP contribution in [0.4, 0.5) is 14.5 Å². The maximum Gasteiger partial charge on any atom is 0.230 e. The molecule has 2 aliphatic heterocycles. The van der Waals surface area contributed by atoms with Gasteiger partial charge in [-0.2, -0.15) is 0 Å². The molecule has 2 atom stereocenters. The number of halogens is 2. The van der Waals surface area contributed by atoms with Gasteiger partial charge in [-0.25, -0.2) is 8.78 Å². The molecule has 0 aromatic heterocycles. The number of benzene rings is 3. The molecule has 1 aliphatic carbocycles. The van der Waals surface area contributed by atoms with Crippen LogP contribution in [0, 0.1) is 23.5 Å². The number of amides is 3.